The molecule has 0 spiro atoms. The molecule has 0 saturated carbocycles. The Labute approximate surface area is 190 Å². The molecule has 33 heavy (non-hydrogen) atoms. The minimum absolute atomic E-state index is 0.0269. The van der Waals surface area contributed by atoms with Crippen molar-refractivity contribution in [3.05, 3.63) is 83.9 Å². The first kappa shape index (κ1) is 22.9. The highest BCUT2D eigenvalue weighted by Gasteiger charge is 2.30. The third-order valence-corrected chi connectivity index (χ3v) is 5.72. The van der Waals surface area contributed by atoms with E-state index in [4.69, 9.17) is 4.74 Å². The largest absolute Gasteiger partial charge is 0.489 e. The Morgan fingerprint density at radius 2 is 1.58 bits per heavy atom. The minimum Gasteiger partial charge on any atom is -0.489 e. The van der Waals surface area contributed by atoms with E-state index in [2.05, 4.69) is 10.6 Å². The van der Waals surface area contributed by atoms with Crippen molar-refractivity contribution < 1.29 is 22.7 Å². The standard InChI is InChI=1S/C26H25F3N2O2/c27-26(28,29)22-10-8-20(9-11-22)19-6-4-18(5-7-19)17-33-24-3-1-2-23(16-24)31-25(32)21-12-14-30-15-13-21/h1-11,16,21,30H,12-15,17H2,(H,31,32). The first-order valence-corrected chi connectivity index (χ1v) is 10.9. The maximum absolute atomic E-state index is 12.7. The Morgan fingerprint density at radius 3 is 2.21 bits per heavy atom. The van der Waals surface area contributed by atoms with Crippen LogP contribution in [-0.4, -0.2) is 19.0 Å². The minimum atomic E-state index is -4.34. The second-order valence-electron chi connectivity index (χ2n) is 8.10. The molecule has 172 valence electrons. The van der Waals surface area contributed by atoms with Crippen molar-refractivity contribution in [3.8, 4) is 16.9 Å². The van der Waals surface area contributed by atoms with Crippen LogP contribution in [0.15, 0.2) is 72.8 Å². The Morgan fingerprint density at radius 1 is 0.939 bits per heavy atom. The van der Waals surface area contributed by atoms with E-state index in [-0.39, 0.29) is 11.8 Å². The zero-order chi connectivity index (χ0) is 23.3. The molecule has 2 N–H and O–H groups in total. The van der Waals surface area contributed by atoms with Crippen molar-refractivity contribution in [2.45, 2.75) is 25.6 Å². The maximum Gasteiger partial charge on any atom is 0.416 e. The molecule has 1 fully saturated rings. The summed E-state index contributed by atoms with van der Waals surface area (Å²) in [5, 5.41) is 6.23. The fourth-order valence-corrected chi connectivity index (χ4v) is 3.80. The van der Waals surface area contributed by atoms with E-state index in [0.717, 1.165) is 49.2 Å². The van der Waals surface area contributed by atoms with Gasteiger partial charge in [-0.1, -0.05) is 42.5 Å². The van der Waals surface area contributed by atoms with Gasteiger partial charge in [0.05, 0.1) is 5.56 Å². The summed E-state index contributed by atoms with van der Waals surface area (Å²) in [6, 6.07) is 19.9. The smallest absolute Gasteiger partial charge is 0.416 e. The lowest BCUT2D eigenvalue weighted by molar-refractivity contribution is -0.137. The van der Waals surface area contributed by atoms with E-state index >= 15 is 0 Å². The molecule has 0 unspecified atom stereocenters. The van der Waals surface area contributed by atoms with Crippen molar-refractivity contribution in [1.29, 1.82) is 0 Å². The summed E-state index contributed by atoms with van der Waals surface area (Å²) in [5.41, 5.74) is 2.51. The van der Waals surface area contributed by atoms with Crippen LogP contribution in [0.2, 0.25) is 0 Å². The monoisotopic (exact) mass is 454 g/mol. The normalized spacial score (nSPS) is 14.6. The highest BCUT2D eigenvalue weighted by Crippen LogP contribution is 2.31. The molecule has 0 atom stereocenters. The van der Waals surface area contributed by atoms with Gasteiger partial charge in [-0.05, 0) is 66.9 Å². The van der Waals surface area contributed by atoms with Crippen LogP contribution >= 0.6 is 0 Å². The second kappa shape index (κ2) is 10.1. The molecule has 1 aliphatic rings. The number of carbonyl (C=O) groups is 1. The summed E-state index contributed by atoms with van der Waals surface area (Å²) in [6.45, 7) is 2.05. The topological polar surface area (TPSA) is 50.4 Å². The van der Waals surface area contributed by atoms with Gasteiger partial charge in [0.1, 0.15) is 12.4 Å². The molecule has 3 aromatic rings. The van der Waals surface area contributed by atoms with Gasteiger partial charge in [0.25, 0.3) is 0 Å². The fraction of sp³-hybridized carbons (Fsp3) is 0.269. The zero-order valence-electron chi connectivity index (χ0n) is 18.0. The van der Waals surface area contributed by atoms with Gasteiger partial charge in [-0.2, -0.15) is 13.2 Å². The van der Waals surface area contributed by atoms with Gasteiger partial charge in [-0.3, -0.25) is 4.79 Å². The van der Waals surface area contributed by atoms with Crippen LogP contribution in [0.25, 0.3) is 11.1 Å². The molecule has 3 aromatic carbocycles. The van der Waals surface area contributed by atoms with E-state index < -0.39 is 11.7 Å². The number of hydrogen-bond donors (Lipinski definition) is 2. The van der Waals surface area contributed by atoms with Gasteiger partial charge >= 0.3 is 6.18 Å². The summed E-state index contributed by atoms with van der Waals surface area (Å²) in [4.78, 5) is 12.4. The number of alkyl halides is 3. The Hall–Kier alpha value is -3.32. The zero-order valence-corrected chi connectivity index (χ0v) is 18.0. The van der Waals surface area contributed by atoms with Crippen LogP contribution < -0.4 is 15.4 Å². The molecule has 1 aliphatic heterocycles. The lowest BCUT2D eigenvalue weighted by atomic mass is 9.97. The highest BCUT2D eigenvalue weighted by molar-refractivity contribution is 5.92. The van der Waals surface area contributed by atoms with Gasteiger partial charge in [-0.15, -0.1) is 0 Å². The maximum atomic E-state index is 12.7. The fourth-order valence-electron chi connectivity index (χ4n) is 3.80. The summed E-state index contributed by atoms with van der Waals surface area (Å²) in [7, 11) is 0. The van der Waals surface area contributed by atoms with Crippen LogP contribution in [-0.2, 0) is 17.6 Å². The molecule has 1 amide bonds. The molecule has 7 heteroatoms. The number of benzene rings is 3. The average molecular weight is 454 g/mol. The van der Waals surface area contributed by atoms with E-state index in [1.54, 1.807) is 6.07 Å². The Balaban J connectivity index is 1.34. The van der Waals surface area contributed by atoms with Crippen LogP contribution in [0.5, 0.6) is 5.75 Å². The van der Waals surface area contributed by atoms with E-state index in [0.29, 0.717) is 23.6 Å². The number of hydrogen-bond acceptors (Lipinski definition) is 3. The van der Waals surface area contributed by atoms with Crippen molar-refractivity contribution in [2.75, 3.05) is 18.4 Å². The number of rotatable bonds is 6. The molecular formula is C26H25F3N2O2. The van der Waals surface area contributed by atoms with Crippen LogP contribution in [0.3, 0.4) is 0 Å². The lowest BCUT2D eigenvalue weighted by Gasteiger charge is -2.21. The van der Waals surface area contributed by atoms with Crippen molar-refractivity contribution in [2.24, 2.45) is 5.92 Å². The molecule has 0 aromatic heterocycles. The molecule has 1 saturated heterocycles. The summed E-state index contributed by atoms with van der Waals surface area (Å²) >= 11 is 0. The van der Waals surface area contributed by atoms with E-state index in [1.165, 1.54) is 12.1 Å². The second-order valence-corrected chi connectivity index (χ2v) is 8.10. The van der Waals surface area contributed by atoms with Crippen LogP contribution in [0.4, 0.5) is 18.9 Å². The van der Waals surface area contributed by atoms with E-state index in [1.807, 2.05) is 42.5 Å². The Bertz CT molecular complexity index is 1070. The molecule has 0 bridgehead atoms. The van der Waals surface area contributed by atoms with Crippen LogP contribution in [0, 0.1) is 5.92 Å². The number of nitrogens with one attached hydrogen (secondary N) is 2. The average Bonchev–Trinajstić information content (AvgIpc) is 2.83. The molecule has 0 aliphatic carbocycles. The third kappa shape index (κ3) is 6.14. The molecule has 1 heterocycles. The van der Waals surface area contributed by atoms with Gasteiger partial charge in [0.15, 0.2) is 0 Å². The number of ether oxygens (including phenoxy) is 1. The predicted octanol–water partition coefficient (Wildman–Crippen LogP) is 5.89. The summed E-state index contributed by atoms with van der Waals surface area (Å²) < 4.78 is 44.1. The number of amides is 1. The molecule has 4 rings (SSSR count). The first-order chi connectivity index (χ1) is 15.9. The Kier molecular flexibility index (Phi) is 6.99. The van der Waals surface area contributed by atoms with Crippen LogP contribution in [0.1, 0.15) is 24.0 Å². The van der Waals surface area contributed by atoms with Gasteiger partial charge < -0.3 is 15.4 Å². The summed E-state index contributed by atoms with van der Waals surface area (Å²) in [5.74, 6) is 0.705. The third-order valence-electron chi connectivity index (χ3n) is 5.72. The molecule has 4 nitrogen and oxygen atoms in total. The van der Waals surface area contributed by atoms with Gasteiger partial charge in [-0.25, -0.2) is 0 Å². The van der Waals surface area contributed by atoms with Gasteiger partial charge in [0.2, 0.25) is 5.91 Å². The number of halogens is 3. The SMILES string of the molecule is O=C(Nc1cccc(OCc2ccc(-c3ccc(C(F)(F)F)cc3)cc2)c1)C1CCNCC1. The number of piperidine rings is 1. The first-order valence-electron chi connectivity index (χ1n) is 10.9. The predicted molar refractivity (Wildman–Crippen MR) is 122 cm³/mol. The summed E-state index contributed by atoms with van der Waals surface area (Å²) in [6.07, 6.45) is -2.66. The quantitative estimate of drug-likeness (QED) is 0.488. The van der Waals surface area contributed by atoms with E-state index in [9.17, 15) is 18.0 Å². The molecular weight excluding hydrogens is 429 g/mol. The van der Waals surface area contributed by atoms with Crippen molar-refractivity contribution in [1.82, 2.24) is 5.32 Å². The van der Waals surface area contributed by atoms with Crippen molar-refractivity contribution in [3.63, 3.8) is 0 Å². The highest BCUT2D eigenvalue weighted by atomic mass is 19.4. The number of anilines is 1. The van der Waals surface area contributed by atoms with Gasteiger partial charge in [0, 0.05) is 17.7 Å². The van der Waals surface area contributed by atoms with Crippen molar-refractivity contribution >= 4 is 11.6 Å². The number of carbonyl (C=O) groups excluding carboxylic acids is 1. The lowest BCUT2D eigenvalue weighted by Crippen LogP contribution is -2.34. The molecule has 0 radical (unpaired) electrons.